The Balaban J connectivity index is 0.979. The third-order valence-corrected chi connectivity index (χ3v) is 12.6. The molecule has 0 saturated heterocycles. The molecule has 0 amide bonds. The Kier molecular flexibility index (Phi) is 8.53. The van der Waals surface area contributed by atoms with Crippen LogP contribution in [0.1, 0.15) is 0 Å². The van der Waals surface area contributed by atoms with Crippen LogP contribution in [0.4, 0.5) is 17.1 Å². The average Bonchev–Trinajstić information content (AvgIpc) is 3.69. The van der Waals surface area contributed by atoms with Gasteiger partial charge >= 0.3 is 0 Å². The highest BCUT2D eigenvalue weighted by Crippen LogP contribution is 2.42. The topological polar surface area (TPSA) is 8.17 Å². The van der Waals surface area contributed by atoms with Crippen LogP contribution in [0, 0.1) is 0 Å². The molecule has 1 aromatic heterocycles. The van der Waals surface area contributed by atoms with Gasteiger partial charge in [0.2, 0.25) is 0 Å². The molecule has 11 aromatic carbocycles. The van der Waals surface area contributed by atoms with Crippen molar-refractivity contribution in [2.45, 2.75) is 0 Å². The molecule has 0 aliphatic carbocycles. The average molecular weight is 789 g/mol. The first kappa shape index (κ1) is 35.7. The van der Waals surface area contributed by atoms with Crippen LogP contribution >= 0.6 is 0 Å². The number of fused-ring (bicyclic) bond motifs is 7. The van der Waals surface area contributed by atoms with E-state index in [1.54, 1.807) is 0 Å². The monoisotopic (exact) mass is 788 g/mol. The Bertz CT molecular complexity index is 3600. The zero-order valence-corrected chi connectivity index (χ0v) is 34.0. The molecule has 0 fully saturated rings. The third-order valence-electron chi connectivity index (χ3n) is 12.6. The SMILES string of the molecule is c1ccc(-c2cccc3ccc(-c4ccc(N(c5ccc(-c6cccc7c6c6ccccc6n7-c6ccccc6)cc5)c5ccc6ccc7ccccc7c6c5)cc4)cc23)cc1. The molecule has 2 heteroatoms. The van der Waals surface area contributed by atoms with Gasteiger partial charge < -0.3 is 9.47 Å². The Morgan fingerprint density at radius 1 is 0.274 bits per heavy atom. The highest BCUT2D eigenvalue weighted by molar-refractivity contribution is 6.16. The van der Waals surface area contributed by atoms with E-state index in [9.17, 15) is 0 Å². The second kappa shape index (κ2) is 14.8. The molecule has 0 saturated carbocycles. The van der Waals surface area contributed by atoms with E-state index in [-0.39, 0.29) is 0 Å². The molecular weight excluding hydrogens is 749 g/mol. The Hall–Kier alpha value is -8.20. The lowest BCUT2D eigenvalue weighted by Gasteiger charge is -2.26. The molecule has 12 rings (SSSR count). The predicted molar refractivity (Wildman–Crippen MR) is 264 cm³/mol. The minimum absolute atomic E-state index is 1.10. The second-order valence-electron chi connectivity index (χ2n) is 16.1. The predicted octanol–water partition coefficient (Wildman–Crippen LogP) is 16.7. The molecule has 0 N–H and O–H groups in total. The lowest BCUT2D eigenvalue weighted by molar-refractivity contribution is 1.18. The molecule has 62 heavy (non-hydrogen) atoms. The van der Waals surface area contributed by atoms with Crippen molar-refractivity contribution in [3.63, 3.8) is 0 Å². The maximum Gasteiger partial charge on any atom is 0.0547 e. The number of anilines is 3. The van der Waals surface area contributed by atoms with Crippen LogP contribution in [0.3, 0.4) is 0 Å². The van der Waals surface area contributed by atoms with Crippen molar-refractivity contribution in [1.82, 2.24) is 4.57 Å². The molecule has 12 aromatic rings. The first-order chi connectivity index (χ1) is 30.7. The maximum absolute atomic E-state index is 2.39. The normalized spacial score (nSPS) is 11.5. The summed E-state index contributed by atoms with van der Waals surface area (Å²) in [6, 6.07) is 88.5. The van der Waals surface area contributed by atoms with Crippen LogP contribution in [-0.2, 0) is 0 Å². The maximum atomic E-state index is 2.39. The summed E-state index contributed by atoms with van der Waals surface area (Å²) >= 11 is 0. The summed E-state index contributed by atoms with van der Waals surface area (Å²) in [5.41, 5.74) is 14.1. The van der Waals surface area contributed by atoms with Crippen LogP contribution in [0.5, 0.6) is 0 Å². The van der Waals surface area contributed by atoms with E-state index >= 15 is 0 Å². The molecule has 0 bridgehead atoms. The molecule has 0 radical (unpaired) electrons. The molecule has 0 aliphatic rings. The van der Waals surface area contributed by atoms with Gasteiger partial charge in [0.05, 0.1) is 11.0 Å². The van der Waals surface area contributed by atoms with E-state index < -0.39 is 0 Å². The molecule has 0 atom stereocenters. The van der Waals surface area contributed by atoms with Gasteiger partial charge in [-0.1, -0.05) is 176 Å². The highest BCUT2D eigenvalue weighted by atomic mass is 15.1. The van der Waals surface area contributed by atoms with E-state index in [0.29, 0.717) is 0 Å². The summed E-state index contributed by atoms with van der Waals surface area (Å²) in [4.78, 5) is 2.39. The Morgan fingerprint density at radius 2 is 0.790 bits per heavy atom. The summed E-state index contributed by atoms with van der Waals surface area (Å²) in [6.07, 6.45) is 0. The first-order valence-electron chi connectivity index (χ1n) is 21.3. The van der Waals surface area contributed by atoms with Gasteiger partial charge in [0.1, 0.15) is 0 Å². The fourth-order valence-electron chi connectivity index (χ4n) is 9.61. The second-order valence-corrected chi connectivity index (χ2v) is 16.1. The van der Waals surface area contributed by atoms with E-state index in [2.05, 4.69) is 252 Å². The van der Waals surface area contributed by atoms with Crippen LogP contribution in [-0.4, -0.2) is 4.57 Å². The zero-order chi connectivity index (χ0) is 41.0. The quantitative estimate of drug-likeness (QED) is 0.146. The summed E-state index contributed by atoms with van der Waals surface area (Å²) < 4.78 is 2.39. The standard InChI is InChI=1S/C60H40N2/c1-3-13-42(14-4-1)53-21-11-16-44-27-28-47(39-56(44)53)41-29-34-49(35-30-41)61(51-38-33-46-26-25-43-15-7-8-19-52(43)57(46)40-51)50-36-31-45(32-37-50)54-22-12-24-59-60(54)55-20-9-10-23-58(55)62(59)48-17-5-2-6-18-48/h1-40H. The Morgan fingerprint density at radius 3 is 1.58 bits per heavy atom. The first-order valence-corrected chi connectivity index (χ1v) is 21.3. The van der Waals surface area contributed by atoms with Crippen LogP contribution < -0.4 is 4.90 Å². The molecule has 290 valence electrons. The molecule has 0 unspecified atom stereocenters. The third kappa shape index (κ3) is 6.04. The summed E-state index contributed by atoms with van der Waals surface area (Å²) in [5, 5.41) is 9.97. The summed E-state index contributed by atoms with van der Waals surface area (Å²) in [5.74, 6) is 0. The lowest BCUT2D eigenvalue weighted by Crippen LogP contribution is -2.09. The van der Waals surface area contributed by atoms with Crippen molar-refractivity contribution >= 4 is 71.2 Å². The van der Waals surface area contributed by atoms with Gasteiger partial charge in [0.25, 0.3) is 0 Å². The van der Waals surface area contributed by atoms with Gasteiger partial charge in [-0.05, 0) is 132 Å². The van der Waals surface area contributed by atoms with Gasteiger partial charge in [-0.2, -0.15) is 0 Å². The van der Waals surface area contributed by atoms with Gasteiger partial charge in [0, 0.05) is 33.5 Å². The minimum Gasteiger partial charge on any atom is -0.310 e. The van der Waals surface area contributed by atoms with E-state index in [1.807, 2.05) is 0 Å². The fraction of sp³-hybridized carbons (Fsp3) is 0. The number of aromatic nitrogens is 1. The number of nitrogens with zero attached hydrogens (tertiary/aromatic N) is 2. The number of hydrogen-bond donors (Lipinski definition) is 0. The van der Waals surface area contributed by atoms with Gasteiger partial charge in [0.15, 0.2) is 0 Å². The van der Waals surface area contributed by atoms with Crippen molar-refractivity contribution in [2.75, 3.05) is 4.90 Å². The molecule has 0 aliphatic heterocycles. The fourth-order valence-corrected chi connectivity index (χ4v) is 9.61. The van der Waals surface area contributed by atoms with Gasteiger partial charge in [-0.3, -0.25) is 0 Å². The van der Waals surface area contributed by atoms with E-state index in [1.165, 1.54) is 87.5 Å². The summed E-state index contributed by atoms with van der Waals surface area (Å²) in [6.45, 7) is 0. The van der Waals surface area contributed by atoms with Crippen molar-refractivity contribution in [2.24, 2.45) is 0 Å². The zero-order valence-electron chi connectivity index (χ0n) is 34.0. The van der Waals surface area contributed by atoms with Crippen molar-refractivity contribution in [3.8, 4) is 39.1 Å². The van der Waals surface area contributed by atoms with E-state index in [0.717, 1.165) is 22.7 Å². The highest BCUT2D eigenvalue weighted by Gasteiger charge is 2.18. The summed E-state index contributed by atoms with van der Waals surface area (Å²) in [7, 11) is 0. The molecular formula is C60H40N2. The molecule has 1 heterocycles. The van der Waals surface area contributed by atoms with Crippen LogP contribution in [0.15, 0.2) is 243 Å². The van der Waals surface area contributed by atoms with Crippen LogP contribution in [0.25, 0.3) is 93.2 Å². The number of rotatable bonds is 7. The number of benzene rings is 11. The Labute approximate surface area is 360 Å². The number of para-hydroxylation sites is 2. The lowest BCUT2D eigenvalue weighted by atomic mass is 9.95. The number of hydrogen-bond acceptors (Lipinski definition) is 1. The van der Waals surface area contributed by atoms with Crippen molar-refractivity contribution in [3.05, 3.63) is 243 Å². The van der Waals surface area contributed by atoms with E-state index in [4.69, 9.17) is 0 Å². The van der Waals surface area contributed by atoms with Gasteiger partial charge in [-0.25, -0.2) is 0 Å². The smallest absolute Gasteiger partial charge is 0.0547 e. The molecule has 2 nitrogen and oxygen atoms in total. The van der Waals surface area contributed by atoms with Crippen molar-refractivity contribution in [1.29, 1.82) is 0 Å². The minimum atomic E-state index is 1.10. The van der Waals surface area contributed by atoms with Crippen LogP contribution in [0.2, 0.25) is 0 Å². The largest absolute Gasteiger partial charge is 0.310 e. The molecule has 0 spiro atoms. The van der Waals surface area contributed by atoms with Gasteiger partial charge in [-0.15, -0.1) is 0 Å². The van der Waals surface area contributed by atoms with Crippen molar-refractivity contribution < 1.29 is 0 Å².